The molecule has 10 heteroatoms. The molecule has 0 unspecified atom stereocenters. The van der Waals surface area contributed by atoms with Crippen LogP contribution in [0.3, 0.4) is 0 Å². The van der Waals surface area contributed by atoms with Crippen LogP contribution in [0.2, 0.25) is 0 Å². The molecule has 0 aromatic heterocycles. The SMILES string of the molecule is CCCOCCOCCOCCOCCOCCOCCOCCOCCC(=O)O. The molecule has 30 heavy (non-hydrogen) atoms. The zero-order valence-corrected chi connectivity index (χ0v) is 18.3. The Balaban J connectivity index is 2.99. The first-order valence-electron chi connectivity index (χ1n) is 10.6. The lowest BCUT2D eigenvalue weighted by Crippen LogP contribution is -2.15. The lowest BCUT2D eigenvalue weighted by molar-refractivity contribution is -0.138. The lowest BCUT2D eigenvalue weighted by Gasteiger charge is -2.08. The molecule has 0 amide bonds. The normalized spacial score (nSPS) is 11.2. The van der Waals surface area contributed by atoms with Crippen LogP contribution in [-0.4, -0.2) is 117 Å². The zero-order chi connectivity index (χ0) is 22.0. The van der Waals surface area contributed by atoms with Gasteiger partial charge in [-0.2, -0.15) is 0 Å². The third-order valence-electron chi connectivity index (χ3n) is 3.41. The smallest absolute Gasteiger partial charge is 0.305 e. The van der Waals surface area contributed by atoms with E-state index in [1.807, 2.05) is 0 Å². The molecular formula is C20H40O10. The number of hydrogen-bond acceptors (Lipinski definition) is 9. The predicted molar refractivity (Wildman–Crippen MR) is 109 cm³/mol. The summed E-state index contributed by atoms with van der Waals surface area (Å²) in [6.45, 7) is 10.2. The second-order valence-electron chi connectivity index (χ2n) is 6.04. The van der Waals surface area contributed by atoms with E-state index in [1.54, 1.807) is 0 Å². The fourth-order valence-electron chi connectivity index (χ4n) is 1.95. The molecule has 0 atom stereocenters. The van der Waals surface area contributed by atoms with Crippen LogP contribution in [0.4, 0.5) is 0 Å². The highest BCUT2D eigenvalue weighted by Gasteiger charge is 1.97. The van der Waals surface area contributed by atoms with Crippen LogP contribution in [0, 0.1) is 0 Å². The van der Waals surface area contributed by atoms with E-state index in [4.69, 9.17) is 43.0 Å². The Hall–Kier alpha value is -0.850. The van der Waals surface area contributed by atoms with Crippen molar-refractivity contribution in [2.75, 3.05) is 106 Å². The molecule has 0 aliphatic carbocycles. The van der Waals surface area contributed by atoms with Gasteiger partial charge in [0.1, 0.15) is 0 Å². The molecule has 0 saturated carbocycles. The molecule has 0 rings (SSSR count). The maximum atomic E-state index is 10.3. The molecule has 0 saturated heterocycles. The third kappa shape index (κ3) is 27.1. The number of carboxylic acids is 1. The number of aliphatic carboxylic acids is 1. The van der Waals surface area contributed by atoms with E-state index >= 15 is 0 Å². The molecule has 1 N–H and O–H groups in total. The zero-order valence-electron chi connectivity index (χ0n) is 18.3. The summed E-state index contributed by atoms with van der Waals surface area (Å²) in [4.78, 5) is 10.3. The number of carboxylic acid groups (broad SMARTS) is 1. The first-order chi connectivity index (χ1) is 14.8. The van der Waals surface area contributed by atoms with E-state index in [0.29, 0.717) is 92.5 Å². The van der Waals surface area contributed by atoms with Crippen LogP contribution in [0.5, 0.6) is 0 Å². The highest BCUT2D eigenvalue weighted by atomic mass is 16.6. The van der Waals surface area contributed by atoms with Gasteiger partial charge in [-0.3, -0.25) is 4.79 Å². The van der Waals surface area contributed by atoms with Crippen molar-refractivity contribution in [1.29, 1.82) is 0 Å². The third-order valence-corrected chi connectivity index (χ3v) is 3.41. The molecule has 0 aromatic rings. The maximum Gasteiger partial charge on any atom is 0.305 e. The Bertz CT molecular complexity index is 344. The van der Waals surface area contributed by atoms with E-state index in [-0.39, 0.29) is 13.0 Å². The minimum atomic E-state index is -0.867. The number of carbonyl (C=O) groups is 1. The Morgan fingerprint density at radius 2 is 0.700 bits per heavy atom. The average Bonchev–Trinajstić information content (AvgIpc) is 2.73. The number of rotatable bonds is 26. The summed E-state index contributed by atoms with van der Waals surface area (Å²) in [7, 11) is 0. The van der Waals surface area contributed by atoms with Crippen LogP contribution in [0.1, 0.15) is 19.8 Å². The fourth-order valence-corrected chi connectivity index (χ4v) is 1.95. The van der Waals surface area contributed by atoms with Gasteiger partial charge >= 0.3 is 5.97 Å². The number of hydrogen-bond donors (Lipinski definition) is 1. The van der Waals surface area contributed by atoms with Crippen molar-refractivity contribution in [1.82, 2.24) is 0 Å². The van der Waals surface area contributed by atoms with Gasteiger partial charge in [-0.15, -0.1) is 0 Å². The van der Waals surface area contributed by atoms with Crippen molar-refractivity contribution < 1.29 is 47.8 Å². The first-order valence-corrected chi connectivity index (χ1v) is 10.6. The topological polar surface area (TPSA) is 111 Å². The molecule has 0 aliphatic heterocycles. The van der Waals surface area contributed by atoms with Crippen molar-refractivity contribution in [3.05, 3.63) is 0 Å². The molecule has 0 bridgehead atoms. The molecule has 10 nitrogen and oxygen atoms in total. The van der Waals surface area contributed by atoms with Crippen LogP contribution in [-0.2, 0) is 42.7 Å². The summed E-state index contributed by atoms with van der Waals surface area (Å²) in [5.74, 6) is -0.867. The summed E-state index contributed by atoms with van der Waals surface area (Å²) in [5.41, 5.74) is 0. The summed E-state index contributed by atoms with van der Waals surface area (Å²) in [6, 6.07) is 0. The van der Waals surface area contributed by atoms with E-state index in [1.165, 1.54) is 0 Å². The van der Waals surface area contributed by atoms with Gasteiger partial charge in [-0.05, 0) is 6.42 Å². The summed E-state index contributed by atoms with van der Waals surface area (Å²) in [6.07, 6.45) is 1.03. The molecule has 0 spiro atoms. The van der Waals surface area contributed by atoms with Crippen molar-refractivity contribution in [3.8, 4) is 0 Å². The van der Waals surface area contributed by atoms with Gasteiger partial charge in [-0.25, -0.2) is 0 Å². The van der Waals surface area contributed by atoms with Gasteiger partial charge in [-0.1, -0.05) is 6.92 Å². The molecule has 0 aromatic carbocycles. The van der Waals surface area contributed by atoms with Gasteiger partial charge < -0.3 is 43.0 Å². The standard InChI is InChI=1S/C20H40O10/c1-2-4-23-6-8-25-10-12-27-14-16-29-18-19-30-17-15-28-13-11-26-9-7-24-5-3-20(21)22/h2-19H2,1H3,(H,21,22). The van der Waals surface area contributed by atoms with Gasteiger partial charge in [0.05, 0.1) is 106 Å². The van der Waals surface area contributed by atoms with Crippen LogP contribution in [0.15, 0.2) is 0 Å². The molecule has 0 radical (unpaired) electrons. The number of ether oxygens (including phenoxy) is 8. The maximum absolute atomic E-state index is 10.3. The van der Waals surface area contributed by atoms with Crippen molar-refractivity contribution in [2.24, 2.45) is 0 Å². The summed E-state index contributed by atoms with van der Waals surface area (Å²) in [5, 5.41) is 8.44. The predicted octanol–water partition coefficient (Wildman–Crippen LogP) is 1.00. The lowest BCUT2D eigenvalue weighted by atomic mass is 10.5. The average molecular weight is 441 g/mol. The summed E-state index contributed by atoms with van der Waals surface area (Å²) >= 11 is 0. The quantitative estimate of drug-likeness (QED) is 0.196. The minimum Gasteiger partial charge on any atom is -0.481 e. The molecule has 0 aliphatic rings. The van der Waals surface area contributed by atoms with E-state index in [2.05, 4.69) is 6.92 Å². The van der Waals surface area contributed by atoms with Crippen molar-refractivity contribution >= 4 is 5.97 Å². The van der Waals surface area contributed by atoms with Crippen molar-refractivity contribution in [2.45, 2.75) is 19.8 Å². The second kappa shape index (κ2) is 26.2. The first kappa shape index (κ1) is 29.1. The van der Waals surface area contributed by atoms with Gasteiger partial charge in [0.2, 0.25) is 0 Å². The monoisotopic (exact) mass is 440 g/mol. The molecular weight excluding hydrogens is 400 g/mol. The van der Waals surface area contributed by atoms with E-state index < -0.39 is 5.97 Å². The Morgan fingerprint density at radius 1 is 0.467 bits per heavy atom. The molecule has 180 valence electrons. The van der Waals surface area contributed by atoms with E-state index in [9.17, 15) is 4.79 Å². The fraction of sp³-hybridized carbons (Fsp3) is 0.950. The van der Waals surface area contributed by atoms with Gasteiger partial charge in [0.25, 0.3) is 0 Å². The summed E-state index contributed by atoms with van der Waals surface area (Å²) < 4.78 is 42.6. The largest absolute Gasteiger partial charge is 0.481 e. The van der Waals surface area contributed by atoms with Gasteiger partial charge in [0, 0.05) is 6.61 Å². The Morgan fingerprint density at radius 3 is 0.933 bits per heavy atom. The van der Waals surface area contributed by atoms with Crippen LogP contribution in [0.25, 0.3) is 0 Å². The van der Waals surface area contributed by atoms with Gasteiger partial charge in [0.15, 0.2) is 0 Å². The second-order valence-corrected chi connectivity index (χ2v) is 6.04. The Kier molecular flexibility index (Phi) is 25.4. The van der Waals surface area contributed by atoms with Crippen molar-refractivity contribution in [3.63, 3.8) is 0 Å². The highest BCUT2D eigenvalue weighted by Crippen LogP contribution is 1.87. The van der Waals surface area contributed by atoms with Crippen LogP contribution < -0.4 is 0 Å². The minimum absolute atomic E-state index is 0.00711. The Labute approximate surface area is 180 Å². The molecule has 0 fully saturated rings. The van der Waals surface area contributed by atoms with E-state index in [0.717, 1.165) is 13.0 Å². The molecule has 0 heterocycles. The van der Waals surface area contributed by atoms with Crippen LogP contribution >= 0.6 is 0 Å². The highest BCUT2D eigenvalue weighted by molar-refractivity contribution is 5.66.